The van der Waals surface area contributed by atoms with E-state index in [2.05, 4.69) is 15.3 Å². The van der Waals surface area contributed by atoms with E-state index in [-0.39, 0.29) is 5.91 Å². The molecular formula is C23H24N4O3S. The molecule has 1 unspecified atom stereocenters. The first-order valence-corrected chi connectivity index (χ1v) is 11.6. The van der Waals surface area contributed by atoms with E-state index in [0.717, 1.165) is 40.9 Å². The van der Waals surface area contributed by atoms with Gasteiger partial charge in [-0.05, 0) is 61.8 Å². The molecule has 2 aliphatic rings. The van der Waals surface area contributed by atoms with Crippen molar-refractivity contribution < 1.29 is 14.7 Å². The Bertz CT molecular complexity index is 1140. The minimum absolute atomic E-state index is 0.216. The van der Waals surface area contributed by atoms with Crippen LogP contribution in [0, 0.1) is 0 Å². The zero-order valence-corrected chi connectivity index (χ0v) is 18.0. The van der Waals surface area contributed by atoms with Crippen LogP contribution in [0.5, 0.6) is 0 Å². The Labute approximate surface area is 184 Å². The first-order valence-electron chi connectivity index (χ1n) is 10.7. The number of amides is 1. The lowest BCUT2D eigenvalue weighted by Crippen LogP contribution is -2.40. The lowest BCUT2D eigenvalue weighted by Gasteiger charge is -2.21. The maximum absolute atomic E-state index is 12.7. The van der Waals surface area contributed by atoms with Gasteiger partial charge in [0, 0.05) is 23.5 Å². The Kier molecular flexibility index (Phi) is 5.31. The molecule has 2 aromatic heterocycles. The third-order valence-electron chi connectivity index (χ3n) is 6.21. The molecule has 0 saturated carbocycles. The van der Waals surface area contributed by atoms with Crippen LogP contribution in [-0.2, 0) is 24.2 Å². The molecule has 5 rings (SSSR count). The number of likely N-dealkylation sites (tertiary alicyclic amines) is 1. The van der Waals surface area contributed by atoms with Gasteiger partial charge in [0.15, 0.2) is 0 Å². The molecule has 1 fully saturated rings. The van der Waals surface area contributed by atoms with Gasteiger partial charge in [0.2, 0.25) is 0 Å². The average Bonchev–Trinajstić information content (AvgIpc) is 3.43. The third kappa shape index (κ3) is 3.76. The molecule has 3 heterocycles. The summed E-state index contributed by atoms with van der Waals surface area (Å²) in [5, 5.41) is 13.9. The number of benzene rings is 1. The van der Waals surface area contributed by atoms with E-state index in [1.165, 1.54) is 28.2 Å². The monoisotopic (exact) mass is 436 g/mol. The number of nitrogens with one attached hydrogen (secondary N) is 1. The predicted octanol–water partition coefficient (Wildman–Crippen LogP) is 3.87. The Morgan fingerprint density at radius 2 is 1.94 bits per heavy atom. The van der Waals surface area contributed by atoms with E-state index < -0.39 is 12.0 Å². The Morgan fingerprint density at radius 3 is 2.74 bits per heavy atom. The standard InChI is InChI=1S/C23H24N4O3S/c28-22(27-11-3-5-17(27)23(29)30)15-9-7-14(8-10-15)12-24-20-19-16-4-1-2-6-18(16)31-21(19)26-13-25-20/h7-10,13,17H,1-6,11-12H2,(H,29,30)(H,24,25,26). The molecule has 1 amide bonds. The van der Waals surface area contributed by atoms with Gasteiger partial charge in [-0.3, -0.25) is 4.79 Å². The normalized spacial score (nSPS) is 18.2. The maximum atomic E-state index is 12.7. The summed E-state index contributed by atoms with van der Waals surface area (Å²) < 4.78 is 0. The molecule has 1 saturated heterocycles. The molecule has 0 bridgehead atoms. The second kappa shape index (κ2) is 8.26. The fraction of sp³-hybridized carbons (Fsp3) is 0.391. The number of aliphatic carboxylic acids is 1. The molecule has 3 aromatic rings. The summed E-state index contributed by atoms with van der Waals surface area (Å²) in [6, 6.07) is 6.66. The second-order valence-corrected chi connectivity index (χ2v) is 9.24. The van der Waals surface area contributed by atoms with Crippen molar-refractivity contribution >= 4 is 39.2 Å². The number of fused-ring (bicyclic) bond motifs is 3. The molecule has 0 radical (unpaired) electrons. The Morgan fingerprint density at radius 1 is 1.13 bits per heavy atom. The lowest BCUT2D eigenvalue weighted by atomic mass is 9.97. The number of carbonyl (C=O) groups excluding carboxylic acids is 1. The van der Waals surface area contributed by atoms with E-state index in [9.17, 15) is 14.7 Å². The number of aromatic nitrogens is 2. The Hall–Kier alpha value is -3.00. The SMILES string of the molecule is O=C(O)C1CCCN1C(=O)c1ccc(CNc2ncnc3sc4c(c23)CCCC4)cc1. The number of rotatable bonds is 5. The summed E-state index contributed by atoms with van der Waals surface area (Å²) in [7, 11) is 0. The van der Waals surface area contributed by atoms with Gasteiger partial charge in [-0.25, -0.2) is 14.8 Å². The fourth-order valence-electron chi connectivity index (χ4n) is 4.61. The molecule has 7 nitrogen and oxygen atoms in total. The quantitative estimate of drug-likeness (QED) is 0.630. The topological polar surface area (TPSA) is 95.4 Å². The number of hydrogen-bond donors (Lipinski definition) is 2. The number of nitrogens with zero attached hydrogens (tertiary/aromatic N) is 3. The van der Waals surface area contributed by atoms with E-state index in [1.54, 1.807) is 29.8 Å². The number of hydrogen-bond acceptors (Lipinski definition) is 6. The predicted molar refractivity (Wildman–Crippen MR) is 120 cm³/mol. The zero-order valence-electron chi connectivity index (χ0n) is 17.1. The zero-order chi connectivity index (χ0) is 21.4. The van der Waals surface area contributed by atoms with Gasteiger partial charge < -0.3 is 15.3 Å². The van der Waals surface area contributed by atoms with Gasteiger partial charge >= 0.3 is 5.97 Å². The third-order valence-corrected chi connectivity index (χ3v) is 7.41. The van der Waals surface area contributed by atoms with Crippen molar-refractivity contribution in [2.45, 2.75) is 51.1 Å². The number of carboxylic acid groups (broad SMARTS) is 1. The molecule has 1 aliphatic heterocycles. The number of carboxylic acids is 1. The number of thiophene rings is 1. The van der Waals surface area contributed by atoms with Crippen LogP contribution in [0.3, 0.4) is 0 Å². The van der Waals surface area contributed by atoms with Crippen LogP contribution in [0.25, 0.3) is 10.2 Å². The van der Waals surface area contributed by atoms with Crippen LogP contribution < -0.4 is 5.32 Å². The smallest absolute Gasteiger partial charge is 0.326 e. The van der Waals surface area contributed by atoms with Crippen LogP contribution in [0.15, 0.2) is 30.6 Å². The molecule has 160 valence electrons. The number of aryl methyl sites for hydroxylation is 2. The van der Waals surface area contributed by atoms with Crippen molar-refractivity contribution in [3.63, 3.8) is 0 Å². The van der Waals surface area contributed by atoms with Crippen molar-refractivity contribution in [2.24, 2.45) is 0 Å². The van der Waals surface area contributed by atoms with Gasteiger partial charge in [-0.15, -0.1) is 11.3 Å². The van der Waals surface area contributed by atoms with Gasteiger partial charge in [-0.2, -0.15) is 0 Å². The van der Waals surface area contributed by atoms with E-state index in [1.807, 2.05) is 12.1 Å². The van der Waals surface area contributed by atoms with Crippen LogP contribution in [0.1, 0.15) is 52.0 Å². The van der Waals surface area contributed by atoms with Crippen LogP contribution in [0.2, 0.25) is 0 Å². The highest BCUT2D eigenvalue weighted by Crippen LogP contribution is 2.38. The highest BCUT2D eigenvalue weighted by Gasteiger charge is 2.34. The van der Waals surface area contributed by atoms with E-state index in [4.69, 9.17) is 0 Å². The molecule has 8 heteroatoms. The summed E-state index contributed by atoms with van der Waals surface area (Å²) in [4.78, 5) is 37.0. The van der Waals surface area contributed by atoms with Crippen molar-refractivity contribution in [2.75, 3.05) is 11.9 Å². The molecule has 31 heavy (non-hydrogen) atoms. The van der Waals surface area contributed by atoms with Crippen molar-refractivity contribution in [3.8, 4) is 0 Å². The largest absolute Gasteiger partial charge is 0.480 e. The van der Waals surface area contributed by atoms with Crippen LogP contribution in [0.4, 0.5) is 5.82 Å². The molecule has 1 atom stereocenters. The summed E-state index contributed by atoms with van der Waals surface area (Å²) >= 11 is 1.78. The second-order valence-electron chi connectivity index (χ2n) is 8.16. The first kappa shape index (κ1) is 19.9. The lowest BCUT2D eigenvalue weighted by molar-refractivity contribution is -0.141. The Balaban J connectivity index is 1.30. The van der Waals surface area contributed by atoms with Gasteiger partial charge in [0.25, 0.3) is 5.91 Å². The summed E-state index contributed by atoms with van der Waals surface area (Å²) in [6.07, 6.45) is 7.53. The van der Waals surface area contributed by atoms with Gasteiger partial charge in [0.05, 0.1) is 5.39 Å². The minimum atomic E-state index is -0.932. The summed E-state index contributed by atoms with van der Waals surface area (Å²) in [5.41, 5.74) is 2.95. The molecule has 1 aliphatic carbocycles. The molecule has 0 spiro atoms. The maximum Gasteiger partial charge on any atom is 0.326 e. The number of carbonyl (C=O) groups is 2. The van der Waals surface area contributed by atoms with E-state index >= 15 is 0 Å². The minimum Gasteiger partial charge on any atom is -0.480 e. The van der Waals surface area contributed by atoms with Crippen molar-refractivity contribution in [1.82, 2.24) is 14.9 Å². The van der Waals surface area contributed by atoms with Crippen molar-refractivity contribution in [3.05, 3.63) is 52.2 Å². The van der Waals surface area contributed by atoms with Crippen LogP contribution in [-0.4, -0.2) is 44.4 Å². The van der Waals surface area contributed by atoms with Crippen LogP contribution >= 0.6 is 11.3 Å². The average molecular weight is 437 g/mol. The van der Waals surface area contributed by atoms with Gasteiger partial charge in [0.1, 0.15) is 23.0 Å². The van der Waals surface area contributed by atoms with Crippen molar-refractivity contribution in [1.29, 1.82) is 0 Å². The first-order chi connectivity index (χ1) is 15.1. The summed E-state index contributed by atoms with van der Waals surface area (Å²) in [5.74, 6) is -0.281. The fourth-order valence-corrected chi connectivity index (χ4v) is 5.84. The van der Waals surface area contributed by atoms with E-state index in [0.29, 0.717) is 25.1 Å². The van der Waals surface area contributed by atoms with Gasteiger partial charge in [-0.1, -0.05) is 12.1 Å². The highest BCUT2D eigenvalue weighted by atomic mass is 32.1. The molecule has 1 aromatic carbocycles. The summed E-state index contributed by atoms with van der Waals surface area (Å²) in [6.45, 7) is 1.08. The molecular weight excluding hydrogens is 412 g/mol. The molecule has 2 N–H and O–H groups in total. The highest BCUT2D eigenvalue weighted by molar-refractivity contribution is 7.19. The number of anilines is 1.